The number of H-pyrrole nitrogens is 1. The van der Waals surface area contributed by atoms with Gasteiger partial charge in [0, 0.05) is 40.1 Å². The van der Waals surface area contributed by atoms with Crippen molar-refractivity contribution in [1.29, 1.82) is 0 Å². The van der Waals surface area contributed by atoms with E-state index in [0.717, 1.165) is 16.5 Å². The quantitative estimate of drug-likeness (QED) is 0.514. The zero-order valence-electron chi connectivity index (χ0n) is 15.8. The van der Waals surface area contributed by atoms with Gasteiger partial charge in [-0.1, -0.05) is 11.6 Å². The average molecular weight is 408 g/mol. The van der Waals surface area contributed by atoms with Gasteiger partial charge in [-0.2, -0.15) is 0 Å². The molecular formula is C21H18ClN5O2. The third-order valence-electron chi connectivity index (χ3n) is 4.58. The van der Waals surface area contributed by atoms with E-state index >= 15 is 0 Å². The predicted octanol–water partition coefficient (Wildman–Crippen LogP) is 4.22. The van der Waals surface area contributed by atoms with Gasteiger partial charge in [0.05, 0.1) is 24.4 Å². The summed E-state index contributed by atoms with van der Waals surface area (Å²) >= 11 is 6.08. The molecule has 4 rings (SSSR count). The van der Waals surface area contributed by atoms with Gasteiger partial charge in [-0.15, -0.1) is 0 Å². The fourth-order valence-electron chi connectivity index (χ4n) is 3.12. The molecule has 0 saturated carbocycles. The van der Waals surface area contributed by atoms with Crippen molar-refractivity contribution < 1.29 is 4.74 Å². The van der Waals surface area contributed by atoms with E-state index in [-0.39, 0.29) is 11.6 Å². The zero-order valence-corrected chi connectivity index (χ0v) is 16.6. The van der Waals surface area contributed by atoms with Crippen LogP contribution < -0.4 is 15.6 Å². The molecule has 1 atom stereocenters. The molecule has 146 valence electrons. The second kappa shape index (κ2) is 7.89. The number of aromatic amines is 1. The molecule has 8 heteroatoms. The zero-order chi connectivity index (χ0) is 20.4. The minimum absolute atomic E-state index is 0.176. The van der Waals surface area contributed by atoms with Crippen molar-refractivity contribution in [2.24, 2.45) is 0 Å². The van der Waals surface area contributed by atoms with E-state index < -0.39 is 0 Å². The van der Waals surface area contributed by atoms with Crippen LogP contribution in [-0.2, 0) is 0 Å². The highest BCUT2D eigenvalue weighted by molar-refractivity contribution is 6.31. The van der Waals surface area contributed by atoms with Crippen LogP contribution in [0.2, 0.25) is 5.02 Å². The Morgan fingerprint density at radius 2 is 2.03 bits per heavy atom. The number of nitrogens with zero attached hydrogens (tertiary/aromatic N) is 3. The fraction of sp³-hybridized carbons (Fsp3) is 0.143. The summed E-state index contributed by atoms with van der Waals surface area (Å²) in [6, 6.07) is 10.4. The summed E-state index contributed by atoms with van der Waals surface area (Å²) in [5, 5.41) is 4.66. The van der Waals surface area contributed by atoms with Gasteiger partial charge >= 0.3 is 0 Å². The minimum atomic E-state index is -0.326. The van der Waals surface area contributed by atoms with E-state index in [1.165, 1.54) is 0 Å². The Morgan fingerprint density at radius 1 is 1.17 bits per heavy atom. The largest absolute Gasteiger partial charge is 0.496 e. The van der Waals surface area contributed by atoms with Crippen LogP contribution in [0.3, 0.4) is 0 Å². The van der Waals surface area contributed by atoms with Crippen LogP contribution in [0.5, 0.6) is 5.75 Å². The molecule has 0 aliphatic heterocycles. The molecule has 0 saturated heterocycles. The van der Waals surface area contributed by atoms with E-state index in [4.69, 9.17) is 16.3 Å². The number of fused-ring (bicyclic) bond motifs is 1. The Labute approximate surface area is 171 Å². The van der Waals surface area contributed by atoms with Gasteiger partial charge in [0.15, 0.2) is 0 Å². The molecule has 0 bridgehead atoms. The first-order valence-corrected chi connectivity index (χ1v) is 9.33. The molecule has 0 aliphatic rings. The highest BCUT2D eigenvalue weighted by Gasteiger charge is 2.14. The van der Waals surface area contributed by atoms with Crippen LogP contribution >= 0.6 is 11.6 Å². The summed E-state index contributed by atoms with van der Waals surface area (Å²) in [6.07, 6.45) is 4.99. The molecular weight excluding hydrogens is 390 g/mol. The Balaban J connectivity index is 1.65. The van der Waals surface area contributed by atoms with Crippen molar-refractivity contribution in [3.8, 4) is 17.0 Å². The molecule has 3 heterocycles. The summed E-state index contributed by atoms with van der Waals surface area (Å²) in [4.78, 5) is 28.4. The molecule has 0 amide bonds. The highest BCUT2D eigenvalue weighted by atomic mass is 35.5. The van der Waals surface area contributed by atoms with Gasteiger partial charge in [-0.05, 0) is 43.3 Å². The summed E-state index contributed by atoms with van der Waals surface area (Å²) in [5.41, 5.74) is 2.54. The molecule has 2 N–H and O–H groups in total. The Morgan fingerprint density at radius 3 is 2.86 bits per heavy atom. The van der Waals surface area contributed by atoms with E-state index in [0.29, 0.717) is 28.0 Å². The smallest absolute Gasteiger partial charge is 0.253 e. The first-order valence-electron chi connectivity index (χ1n) is 8.95. The van der Waals surface area contributed by atoms with Crippen molar-refractivity contribution in [2.45, 2.75) is 13.0 Å². The molecule has 0 spiro atoms. The van der Waals surface area contributed by atoms with Crippen LogP contribution in [0.4, 0.5) is 5.95 Å². The first-order chi connectivity index (χ1) is 14.0. The SMILES string of the molecule is COc1ccncc1-c1ccnc(N[C@@H](C)c2cc3cc(Cl)ccc3[nH]c2=O)n1. The number of halogens is 1. The van der Waals surface area contributed by atoms with Gasteiger partial charge in [0.1, 0.15) is 5.75 Å². The normalized spacial score (nSPS) is 12.0. The van der Waals surface area contributed by atoms with E-state index in [9.17, 15) is 4.79 Å². The van der Waals surface area contributed by atoms with Crippen molar-refractivity contribution in [1.82, 2.24) is 19.9 Å². The lowest BCUT2D eigenvalue weighted by molar-refractivity contribution is 0.416. The van der Waals surface area contributed by atoms with Crippen LogP contribution in [-0.4, -0.2) is 27.0 Å². The number of benzene rings is 1. The molecule has 3 aromatic heterocycles. The van der Waals surface area contributed by atoms with Crippen LogP contribution in [0.25, 0.3) is 22.2 Å². The number of anilines is 1. The van der Waals surface area contributed by atoms with E-state index in [1.54, 1.807) is 50.0 Å². The Kier molecular flexibility index (Phi) is 5.14. The molecule has 0 aliphatic carbocycles. The predicted molar refractivity (Wildman–Crippen MR) is 113 cm³/mol. The minimum Gasteiger partial charge on any atom is -0.496 e. The lowest BCUT2D eigenvalue weighted by atomic mass is 10.1. The Hall–Kier alpha value is -3.45. The number of aromatic nitrogens is 4. The second-order valence-electron chi connectivity index (χ2n) is 6.49. The van der Waals surface area contributed by atoms with E-state index in [1.807, 2.05) is 19.1 Å². The summed E-state index contributed by atoms with van der Waals surface area (Å²) in [7, 11) is 1.60. The van der Waals surface area contributed by atoms with Gasteiger partial charge in [-0.25, -0.2) is 9.97 Å². The first kappa shape index (κ1) is 18.9. The second-order valence-corrected chi connectivity index (χ2v) is 6.93. The monoisotopic (exact) mass is 407 g/mol. The summed E-state index contributed by atoms with van der Waals surface area (Å²) in [5.74, 6) is 1.06. The summed E-state index contributed by atoms with van der Waals surface area (Å²) in [6.45, 7) is 1.88. The number of hydrogen-bond acceptors (Lipinski definition) is 6. The van der Waals surface area contributed by atoms with Crippen molar-refractivity contribution in [2.75, 3.05) is 12.4 Å². The lowest BCUT2D eigenvalue weighted by Gasteiger charge is -2.15. The molecule has 29 heavy (non-hydrogen) atoms. The van der Waals surface area contributed by atoms with Crippen molar-refractivity contribution in [3.63, 3.8) is 0 Å². The topological polar surface area (TPSA) is 92.8 Å². The van der Waals surface area contributed by atoms with Crippen molar-refractivity contribution in [3.05, 3.63) is 75.9 Å². The molecule has 4 aromatic rings. The number of methoxy groups -OCH3 is 1. The van der Waals surface area contributed by atoms with E-state index in [2.05, 4.69) is 25.3 Å². The number of rotatable bonds is 5. The molecule has 0 fully saturated rings. The third kappa shape index (κ3) is 3.90. The lowest BCUT2D eigenvalue weighted by Crippen LogP contribution is -2.20. The fourth-order valence-corrected chi connectivity index (χ4v) is 3.30. The standard InChI is InChI=1S/C21H18ClN5O2/c1-12(15-10-13-9-14(22)3-4-17(13)26-20(15)28)25-21-24-8-5-18(27-21)16-11-23-7-6-19(16)29-2/h3-12H,1-2H3,(H,26,28)(H,24,25,27)/t12-/m0/s1. The molecule has 1 aromatic carbocycles. The maximum atomic E-state index is 12.5. The number of pyridine rings is 2. The average Bonchev–Trinajstić information content (AvgIpc) is 2.73. The molecule has 0 radical (unpaired) electrons. The number of hydrogen-bond donors (Lipinski definition) is 2. The van der Waals surface area contributed by atoms with Crippen LogP contribution in [0, 0.1) is 0 Å². The number of nitrogens with one attached hydrogen (secondary N) is 2. The highest BCUT2D eigenvalue weighted by Crippen LogP contribution is 2.28. The maximum absolute atomic E-state index is 12.5. The van der Waals surface area contributed by atoms with Gasteiger partial charge < -0.3 is 15.0 Å². The third-order valence-corrected chi connectivity index (χ3v) is 4.81. The number of ether oxygens (including phenoxy) is 1. The summed E-state index contributed by atoms with van der Waals surface area (Å²) < 4.78 is 5.38. The van der Waals surface area contributed by atoms with Gasteiger partial charge in [-0.3, -0.25) is 9.78 Å². The van der Waals surface area contributed by atoms with Crippen molar-refractivity contribution >= 4 is 28.5 Å². The van der Waals surface area contributed by atoms with Crippen LogP contribution in [0.15, 0.2) is 59.8 Å². The maximum Gasteiger partial charge on any atom is 0.253 e. The van der Waals surface area contributed by atoms with Gasteiger partial charge in [0.2, 0.25) is 5.95 Å². The Bertz CT molecular complexity index is 1240. The molecule has 0 unspecified atom stereocenters. The van der Waals surface area contributed by atoms with Gasteiger partial charge in [0.25, 0.3) is 5.56 Å². The van der Waals surface area contributed by atoms with Crippen LogP contribution in [0.1, 0.15) is 18.5 Å². The molecule has 7 nitrogen and oxygen atoms in total.